The maximum absolute atomic E-state index is 13.5. The number of benzene rings is 3. The van der Waals surface area contributed by atoms with E-state index >= 15 is 0 Å². The van der Waals surface area contributed by atoms with Gasteiger partial charge in [-0.2, -0.15) is 5.10 Å². The number of ether oxygens (including phenoxy) is 2. The van der Waals surface area contributed by atoms with Crippen molar-refractivity contribution in [2.45, 2.75) is 6.61 Å². The molecule has 0 saturated heterocycles. The van der Waals surface area contributed by atoms with E-state index in [0.29, 0.717) is 52.4 Å². The smallest absolute Gasteiger partial charge is 0.249 e. The van der Waals surface area contributed by atoms with Gasteiger partial charge in [-0.25, -0.2) is 8.78 Å². The minimum absolute atomic E-state index is 0.0237. The Hall–Kier alpha value is -3.98. The Morgan fingerprint density at radius 1 is 1.06 bits per heavy atom. The Balaban J connectivity index is 1.70. The molecule has 3 N–H and O–H groups in total. The Kier molecular flexibility index (Phi) is 6.74. The van der Waals surface area contributed by atoms with Gasteiger partial charge >= 0.3 is 0 Å². The summed E-state index contributed by atoms with van der Waals surface area (Å²) in [6.07, 6.45) is 0. The van der Waals surface area contributed by atoms with Crippen LogP contribution in [0.2, 0.25) is 0 Å². The molecule has 1 amide bonds. The van der Waals surface area contributed by atoms with E-state index in [0.717, 1.165) is 6.07 Å². The van der Waals surface area contributed by atoms with Crippen LogP contribution in [0.15, 0.2) is 54.6 Å². The molecule has 0 bridgehead atoms. The molecule has 0 saturated carbocycles. The van der Waals surface area contributed by atoms with Gasteiger partial charge in [0.05, 0.1) is 16.6 Å². The topological polar surface area (TPSA) is 93.5 Å². The second-order valence-corrected chi connectivity index (χ2v) is 8.04. The molecule has 4 rings (SSSR count). The summed E-state index contributed by atoms with van der Waals surface area (Å²) in [6, 6.07) is 13.5. The first-order valence-corrected chi connectivity index (χ1v) is 10.6. The number of carbonyl (C=O) groups excluding carboxylic acids is 1. The van der Waals surface area contributed by atoms with Crippen LogP contribution in [-0.4, -0.2) is 48.3 Å². The van der Waals surface area contributed by atoms with Crippen molar-refractivity contribution in [2.24, 2.45) is 5.73 Å². The van der Waals surface area contributed by atoms with Crippen LogP contribution in [0, 0.1) is 11.6 Å². The number of primary amides is 1. The van der Waals surface area contributed by atoms with Crippen LogP contribution in [0.4, 0.5) is 8.78 Å². The number of rotatable bonds is 9. The van der Waals surface area contributed by atoms with E-state index in [4.69, 9.17) is 15.2 Å². The average Bonchev–Trinajstić information content (AvgIpc) is 3.19. The monoisotopic (exact) mass is 466 g/mol. The van der Waals surface area contributed by atoms with E-state index < -0.39 is 17.5 Å². The number of hydrogen-bond donors (Lipinski definition) is 2. The lowest BCUT2D eigenvalue weighted by Crippen LogP contribution is -2.20. The second kappa shape index (κ2) is 9.88. The largest absolute Gasteiger partial charge is 0.492 e. The molecule has 0 aliphatic heterocycles. The maximum Gasteiger partial charge on any atom is 0.249 e. The van der Waals surface area contributed by atoms with E-state index in [-0.39, 0.29) is 12.2 Å². The standard InChI is InChI=1S/C25H24F2N4O3/c1-31(2)8-9-33-22-5-3-4-19(25(28)32)23(22)24-20-13-18(6-7-21(20)29-30-24)34-14-15-10-16(26)12-17(27)11-15/h3-7,10-13H,8-9,14H2,1-2H3,(H2,28,32)(H,29,30). The zero-order valence-electron chi connectivity index (χ0n) is 18.8. The summed E-state index contributed by atoms with van der Waals surface area (Å²) in [5, 5.41) is 8.04. The third kappa shape index (κ3) is 5.15. The Morgan fingerprint density at radius 3 is 2.53 bits per heavy atom. The van der Waals surface area contributed by atoms with Gasteiger partial charge in [0.25, 0.3) is 0 Å². The highest BCUT2D eigenvalue weighted by atomic mass is 19.1. The number of likely N-dealkylation sites (N-methyl/N-ethyl adjacent to an activating group) is 1. The number of hydrogen-bond acceptors (Lipinski definition) is 5. The molecule has 3 aromatic carbocycles. The van der Waals surface area contributed by atoms with Crippen molar-refractivity contribution in [1.82, 2.24) is 15.1 Å². The fraction of sp³-hybridized carbons (Fsp3) is 0.200. The predicted molar refractivity (Wildman–Crippen MR) is 125 cm³/mol. The van der Waals surface area contributed by atoms with Crippen molar-refractivity contribution in [3.8, 4) is 22.8 Å². The number of nitrogens with zero attached hydrogens (tertiary/aromatic N) is 2. The summed E-state index contributed by atoms with van der Waals surface area (Å²) in [7, 11) is 3.87. The first kappa shape index (κ1) is 23.2. The average molecular weight is 466 g/mol. The van der Waals surface area contributed by atoms with Crippen molar-refractivity contribution in [3.05, 3.63) is 77.4 Å². The van der Waals surface area contributed by atoms with Gasteiger partial charge < -0.3 is 20.1 Å². The number of H-pyrrole nitrogens is 1. The molecule has 0 unspecified atom stereocenters. The number of nitrogens with two attached hydrogens (primary N) is 1. The molecule has 0 aliphatic rings. The van der Waals surface area contributed by atoms with E-state index in [1.807, 2.05) is 19.0 Å². The van der Waals surface area contributed by atoms with Crippen LogP contribution in [0.5, 0.6) is 11.5 Å². The number of aromatic nitrogens is 2. The molecule has 4 aromatic rings. The molecule has 176 valence electrons. The zero-order chi connectivity index (χ0) is 24.2. The molecule has 0 atom stereocenters. The Bertz CT molecular complexity index is 1320. The third-order valence-corrected chi connectivity index (χ3v) is 5.19. The summed E-state index contributed by atoms with van der Waals surface area (Å²) in [4.78, 5) is 14.2. The molecule has 1 heterocycles. The minimum atomic E-state index is -0.670. The lowest BCUT2D eigenvalue weighted by molar-refractivity contribution is 0.100. The van der Waals surface area contributed by atoms with Crippen molar-refractivity contribution in [1.29, 1.82) is 0 Å². The van der Waals surface area contributed by atoms with Crippen LogP contribution in [0.1, 0.15) is 15.9 Å². The number of nitrogens with one attached hydrogen (secondary N) is 1. The molecule has 0 aliphatic carbocycles. The lowest BCUT2D eigenvalue weighted by Gasteiger charge is -2.15. The zero-order valence-corrected chi connectivity index (χ0v) is 18.8. The van der Waals surface area contributed by atoms with Crippen molar-refractivity contribution >= 4 is 16.8 Å². The fourth-order valence-corrected chi connectivity index (χ4v) is 3.57. The van der Waals surface area contributed by atoms with Gasteiger partial charge in [-0.3, -0.25) is 9.89 Å². The molecule has 0 spiro atoms. The highest BCUT2D eigenvalue weighted by molar-refractivity contribution is 6.05. The number of aromatic amines is 1. The molecule has 0 fully saturated rings. The highest BCUT2D eigenvalue weighted by Crippen LogP contribution is 2.37. The van der Waals surface area contributed by atoms with E-state index in [1.165, 1.54) is 12.1 Å². The molecular formula is C25H24F2N4O3. The third-order valence-electron chi connectivity index (χ3n) is 5.19. The summed E-state index contributed by atoms with van der Waals surface area (Å²) in [6.45, 7) is 1.06. The second-order valence-electron chi connectivity index (χ2n) is 8.04. The first-order valence-electron chi connectivity index (χ1n) is 10.6. The summed E-state index contributed by atoms with van der Waals surface area (Å²) < 4.78 is 38.7. The van der Waals surface area contributed by atoms with Gasteiger partial charge in [0.2, 0.25) is 5.91 Å². The van der Waals surface area contributed by atoms with Crippen molar-refractivity contribution in [3.63, 3.8) is 0 Å². The van der Waals surface area contributed by atoms with E-state index in [1.54, 1.807) is 36.4 Å². The predicted octanol–water partition coefficient (Wildman–Crippen LogP) is 4.13. The van der Waals surface area contributed by atoms with E-state index in [9.17, 15) is 13.6 Å². The van der Waals surface area contributed by atoms with Crippen LogP contribution < -0.4 is 15.2 Å². The molecular weight excluding hydrogens is 442 g/mol. The van der Waals surface area contributed by atoms with Crippen molar-refractivity contribution in [2.75, 3.05) is 27.2 Å². The quantitative estimate of drug-likeness (QED) is 0.387. The minimum Gasteiger partial charge on any atom is -0.492 e. The maximum atomic E-state index is 13.5. The van der Waals surface area contributed by atoms with Crippen LogP contribution in [-0.2, 0) is 6.61 Å². The normalized spacial score (nSPS) is 11.2. The molecule has 9 heteroatoms. The number of fused-ring (bicyclic) bond motifs is 1. The summed E-state index contributed by atoms with van der Waals surface area (Å²) in [5.41, 5.74) is 7.95. The highest BCUT2D eigenvalue weighted by Gasteiger charge is 2.21. The Morgan fingerprint density at radius 2 is 1.82 bits per heavy atom. The summed E-state index contributed by atoms with van der Waals surface area (Å²) >= 11 is 0. The van der Waals surface area contributed by atoms with Crippen LogP contribution >= 0.6 is 0 Å². The first-order chi connectivity index (χ1) is 16.3. The fourth-order valence-electron chi connectivity index (χ4n) is 3.57. The lowest BCUT2D eigenvalue weighted by atomic mass is 10.00. The molecule has 7 nitrogen and oxygen atoms in total. The Labute approximate surface area is 195 Å². The van der Waals surface area contributed by atoms with Crippen LogP contribution in [0.25, 0.3) is 22.2 Å². The number of carbonyl (C=O) groups is 1. The van der Waals surface area contributed by atoms with E-state index in [2.05, 4.69) is 10.2 Å². The SMILES string of the molecule is CN(C)CCOc1cccc(C(N)=O)c1-c1n[nH]c2ccc(OCc3cc(F)cc(F)c3)cc12. The van der Waals surface area contributed by atoms with Gasteiger partial charge in [0, 0.05) is 18.0 Å². The number of amides is 1. The van der Waals surface area contributed by atoms with Crippen molar-refractivity contribution < 1.29 is 23.0 Å². The molecule has 0 radical (unpaired) electrons. The van der Waals surface area contributed by atoms with Gasteiger partial charge in [0.15, 0.2) is 0 Å². The van der Waals surface area contributed by atoms with Gasteiger partial charge in [-0.1, -0.05) is 6.07 Å². The molecule has 34 heavy (non-hydrogen) atoms. The van der Waals surface area contributed by atoms with Gasteiger partial charge in [-0.15, -0.1) is 0 Å². The number of halogens is 2. The van der Waals surface area contributed by atoms with Gasteiger partial charge in [0.1, 0.15) is 42.0 Å². The molecule has 1 aromatic heterocycles. The van der Waals surface area contributed by atoms with Gasteiger partial charge in [-0.05, 0) is 62.1 Å². The van der Waals surface area contributed by atoms with Crippen LogP contribution in [0.3, 0.4) is 0 Å². The summed E-state index contributed by atoms with van der Waals surface area (Å²) in [5.74, 6) is -1.00.